The molecule has 0 saturated carbocycles. The van der Waals surface area contributed by atoms with Crippen molar-refractivity contribution in [1.29, 1.82) is 0 Å². The number of halogens is 2. The Morgan fingerprint density at radius 2 is 1.69 bits per heavy atom. The van der Waals surface area contributed by atoms with Gasteiger partial charge in [-0.1, -0.05) is 53.5 Å². The fourth-order valence-electron chi connectivity index (χ4n) is 3.09. The summed E-state index contributed by atoms with van der Waals surface area (Å²) in [6, 6.07) is 23.1. The number of amides is 1. The molecule has 4 aromatic rings. The van der Waals surface area contributed by atoms with Crippen LogP contribution in [0.2, 0.25) is 10.0 Å². The predicted molar refractivity (Wildman–Crippen MR) is 128 cm³/mol. The minimum absolute atomic E-state index is 0.0984. The maximum absolute atomic E-state index is 12.4. The van der Waals surface area contributed by atoms with E-state index < -0.39 is 5.91 Å². The van der Waals surface area contributed by atoms with E-state index in [1.165, 1.54) is 6.21 Å². The number of nitrogens with zero attached hydrogens (tertiary/aromatic N) is 1. The van der Waals surface area contributed by atoms with Crippen molar-refractivity contribution in [2.45, 2.75) is 6.61 Å². The molecule has 160 valence electrons. The van der Waals surface area contributed by atoms with Crippen LogP contribution < -0.4 is 10.2 Å². The smallest absolute Gasteiger partial charge is 0.275 e. The fraction of sp³-hybridized carbons (Fsp3) is 0.0400. The van der Waals surface area contributed by atoms with E-state index in [9.17, 15) is 9.90 Å². The van der Waals surface area contributed by atoms with Crippen LogP contribution in [0.15, 0.2) is 84.0 Å². The summed E-state index contributed by atoms with van der Waals surface area (Å²) in [5, 5.41) is 17.0. The summed E-state index contributed by atoms with van der Waals surface area (Å²) >= 11 is 12.1. The third-order valence-corrected chi connectivity index (χ3v) is 5.36. The molecule has 4 aromatic carbocycles. The molecule has 0 fully saturated rings. The molecule has 5 nitrogen and oxygen atoms in total. The first-order valence-corrected chi connectivity index (χ1v) is 10.5. The molecule has 32 heavy (non-hydrogen) atoms. The number of phenols is 1. The van der Waals surface area contributed by atoms with E-state index in [1.807, 2.05) is 42.5 Å². The zero-order chi connectivity index (χ0) is 22.5. The molecule has 0 atom stereocenters. The maximum atomic E-state index is 12.4. The molecule has 0 saturated heterocycles. The maximum Gasteiger partial charge on any atom is 0.275 e. The number of rotatable bonds is 6. The molecule has 0 spiro atoms. The van der Waals surface area contributed by atoms with Crippen LogP contribution in [0.1, 0.15) is 21.5 Å². The lowest BCUT2D eigenvalue weighted by atomic mass is 10.1. The number of carbonyl (C=O) groups excluding carboxylic acids is 1. The third-order valence-electron chi connectivity index (χ3n) is 4.78. The largest absolute Gasteiger partial charge is 0.507 e. The molecule has 4 rings (SSSR count). The van der Waals surface area contributed by atoms with Crippen molar-refractivity contribution in [3.05, 3.63) is 106 Å². The van der Waals surface area contributed by atoms with Gasteiger partial charge in [0.2, 0.25) is 0 Å². The van der Waals surface area contributed by atoms with Gasteiger partial charge in [-0.3, -0.25) is 4.79 Å². The summed E-state index contributed by atoms with van der Waals surface area (Å²) in [4.78, 5) is 12.4. The van der Waals surface area contributed by atoms with Gasteiger partial charge in [-0.25, -0.2) is 5.43 Å². The van der Waals surface area contributed by atoms with Crippen LogP contribution in [-0.2, 0) is 6.61 Å². The Kier molecular flexibility index (Phi) is 6.59. The summed E-state index contributed by atoms with van der Waals surface area (Å²) in [6.07, 6.45) is 1.51. The van der Waals surface area contributed by atoms with Gasteiger partial charge in [0.15, 0.2) is 0 Å². The molecule has 2 N–H and O–H groups in total. The van der Waals surface area contributed by atoms with Gasteiger partial charge in [0.25, 0.3) is 5.91 Å². The zero-order valence-corrected chi connectivity index (χ0v) is 18.3. The summed E-state index contributed by atoms with van der Waals surface area (Å²) in [6.45, 7) is 0.314. The second-order valence-electron chi connectivity index (χ2n) is 7.01. The normalized spacial score (nSPS) is 11.1. The molecule has 7 heteroatoms. The lowest BCUT2D eigenvalue weighted by Gasteiger charge is -2.08. The zero-order valence-electron chi connectivity index (χ0n) is 16.8. The number of phenolic OH excluding ortho intramolecular Hbond substituents is 1. The molecule has 0 radical (unpaired) electrons. The van der Waals surface area contributed by atoms with Crippen LogP contribution in [-0.4, -0.2) is 17.2 Å². The highest BCUT2D eigenvalue weighted by Gasteiger charge is 2.11. The van der Waals surface area contributed by atoms with Crippen LogP contribution in [0, 0.1) is 0 Å². The number of aromatic hydroxyl groups is 1. The molecule has 0 bridgehead atoms. The van der Waals surface area contributed by atoms with Gasteiger partial charge >= 0.3 is 0 Å². The van der Waals surface area contributed by atoms with Gasteiger partial charge in [0.05, 0.1) is 11.8 Å². The lowest BCUT2D eigenvalue weighted by Crippen LogP contribution is -2.17. The number of hydrazone groups is 1. The Labute approximate surface area is 194 Å². The first-order valence-electron chi connectivity index (χ1n) is 9.71. The Hall–Kier alpha value is -3.54. The average molecular weight is 465 g/mol. The molecule has 0 aliphatic rings. The Balaban J connectivity index is 1.35. The van der Waals surface area contributed by atoms with Crippen LogP contribution in [0.25, 0.3) is 10.8 Å². The van der Waals surface area contributed by atoms with E-state index in [0.717, 1.165) is 21.9 Å². The number of fused-ring (bicyclic) bond motifs is 1. The molecular formula is C25H18Cl2N2O3. The summed E-state index contributed by atoms with van der Waals surface area (Å²) < 4.78 is 5.75. The topological polar surface area (TPSA) is 70.9 Å². The number of carbonyl (C=O) groups is 1. The van der Waals surface area contributed by atoms with Crippen molar-refractivity contribution < 1.29 is 14.6 Å². The van der Waals surface area contributed by atoms with E-state index in [1.54, 1.807) is 36.4 Å². The first kappa shape index (κ1) is 21.7. The Bertz CT molecular complexity index is 1300. The van der Waals surface area contributed by atoms with Crippen molar-refractivity contribution in [3.8, 4) is 11.5 Å². The van der Waals surface area contributed by atoms with E-state index in [4.69, 9.17) is 27.9 Å². The molecule has 0 unspecified atom stereocenters. The monoisotopic (exact) mass is 464 g/mol. The molecular weight excluding hydrogens is 447 g/mol. The van der Waals surface area contributed by atoms with Crippen molar-refractivity contribution in [1.82, 2.24) is 5.43 Å². The Morgan fingerprint density at radius 1 is 0.969 bits per heavy atom. The number of nitrogens with one attached hydrogen (secondary N) is 1. The number of hydrogen-bond donors (Lipinski definition) is 2. The summed E-state index contributed by atoms with van der Waals surface area (Å²) in [7, 11) is 0. The summed E-state index contributed by atoms with van der Waals surface area (Å²) in [5.41, 5.74) is 4.20. The van der Waals surface area contributed by atoms with Gasteiger partial charge in [-0.2, -0.15) is 5.10 Å². The van der Waals surface area contributed by atoms with Crippen LogP contribution in [0.5, 0.6) is 11.5 Å². The van der Waals surface area contributed by atoms with E-state index in [2.05, 4.69) is 10.5 Å². The molecule has 0 aliphatic heterocycles. The van der Waals surface area contributed by atoms with Crippen molar-refractivity contribution in [3.63, 3.8) is 0 Å². The van der Waals surface area contributed by atoms with Gasteiger partial charge in [0.1, 0.15) is 18.1 Å². The van der Waals surface area contributed by atoms with E-state index in [-0.39, 0.29) is 11.3 Å². The third kappa shape index (κ3) is 5.19. The van der Waals surface area contributed by atoms with E-state index in [0.29, 0.717) is 22.4 Å². The number of benzene rings is 4. The highest BCUT2D eigenvalue weighted by Crippen LogP contribution is 2.25. The predicted octanol–water partition coefficient (Wildman–Crippen LogP) is 6.20. The highest BCUT2D eigenvalue weighted by molar-refractivity contribution is 6.35. The van der Waals surface area contributed by atoms with Gasteiger partial charge < -0.3 is 9.84 Å². The lowest BCUT2D eigenvalue weighted by molar-refractivity contribution is 0.0952. The fourth-order valence-corrected chi connectivity index (χ4v) is 3.55. The molecule has 0 aromatic heterocycles. The number of hydrogen-bond acceptors (Lipinski definition) is 4. The SMILES string of the molecule is O=C(N/N=C/c1ccc(OCc2ccc(Cl)cc2Cl)cc1)c1cc2ccccc2cc1O. The standard InChI is InChI=1S/C25H18Cl2N2O3/c26-20-8-7-19(23(27)13-20)15-32-21-9-5-16(6-10-21)14-28-29-25(31)22-11-17-3-1-2-4-18(17)12-24(22)30/h1-14,30H,15H2,(H,29,31)/b28-14+. The van der Waals surface area contributed by atoms with Crippen molar-refractivity contribution >= 4 is 46.1 Å². The van der Waals surface area contributed by atoms with Crippen molar-refractivity contribution in [2.75, 3.05) is 0 Å². The quantitative estimate of drug-likeness (QED) is 0.263. The minimum atomic E-state index is -0.496. The van der Waals surface area contributed by atoms with E-state index >= 15 is 0 Å². The van der Waals surface area contributed by atoms with Gasteiger partial charge in [-0.05, 0) is 64.9 Å². The molecule has 0 aliphatic carbocycles. The second-order valence-corrected chi connectivity index (χ2v) is 7.85. The van der Waals surface area contributed by atoms with Crippen molar-refractivity contribution in [2.24, 2.45) is 5.10 Å². The van der Waals surface area contributed by atoms with Gasteiger partial charge in [-0.15, -0.1) is 0 Å². The van der Waals surface area contributed by atoms with Crippen LogP contribution >= 0.6 is 23.2 Å². The molecule has 1 amide bonds. The first-order chi connectivity index (χ1) is 15.5. The highest BCUT2D eigenvalue weighted by atomic mass is 35.5. The molecule has 0 heterocycles. The Morgan fingerprint density at radius 3 is 2.41 bits per heavy atom. The second kappa shape index (κ2) is 9.73. The number of ether oxygens (including phenoxy) is 1. The summed E-state index contributed by atoms with van der Waals surface area (Å²) in [5.74, 6) is 0.0706. The minimum Gasteiger partial charge on any atom is -0.507 e. The van der Waals surface area contributed by atoms with Gasteiger partial charge in [0, 0.05) is 15.6 Å². The van der Waals surface area contributed by atoms with Crippen LogP contribution in [0.3, 0.4) is 0 Å². The van der Waals surface area contributed by atoms with Crippen LogP contribution in [0.4, 0.5) is 0 Å². The average Bonchev–Trinajstić information content (AvgIpc) is 2.79.